The van der Waals surface area contributed by atoms with Gasteiger partial charge in [0.1, 0.15) is 0 Å². The van der Waals surface area contributed by atoms with Gasteiger partial charge in [-0.15, -0.1) is 0 Å². The number of hydrogen-bond donors (Lipinski definition) is 1. The molecule has 1 aromatic carbocycles. The van der Waals surface area contributed by atoms with Crippen molar-refractivity contribution in [3.63, 3.8) is 0 Å². The molecule has 140 valence electrons. The molecule has 26 heavy (non-hydrogen) atoms. The predicted octanol–water partition coefficient (Wildman–Crippen LogP) is 3.17. The predicted molar refractivity (Wildman–Crippen MR) is 104 cm³/mol. The maximum absolute atomic E-state index is 12.0. The number of rotatable bonds is 6. The van der Waals surface area contributed by atoms with Crippen molar-refractivity contribution in [2.45, 2.75) is 38.4 Å². The highest BCUT2D eigenvalue weighted by Gasteiger charge is 2.24. The Balaban J connectivity index is 1.75. The minimum atomic E-state index is -0.0668. The summed E-state index contributed by atoms with van der Waals surface area (Å²) in [6.45, 7) is 2.77. The summed E-state index contributed by atoms with van der Waals surface area (Å²) < 4.78 is 5.06. The number of nitrogens with zero attached hydrogens (tertiary/aromatic N) is 2. The third-order valence-electron chi connectivity index (χ3n) is 5.01. The molecule has 1 atom stereocenters. The number of hydrogen-bond acceptors (Lipinski definition) is 4. The van der Waals surface area contributed by atoms with E-state index in [4.69, 9.17) is 4.74 Å². The van der Waals surface area contributed by atoms with Crippen LogP contribution in [0.3, 0.4) is 0 Å². The third-order valence-corrected chi connectivity index (χ3v) is 5.01. The lowest BCUT2D eigenvalue weighted by Crippen LogP contribution is -2.33. The molecular formula is C21H29N3O2. The van der Waals surface area contributed by atoms with Gasteiger partial charge in [0, 0.05) is 37.1 Å². The number of ether oxygens (including phenoxy) is 1. The van der Waals surface area contributed by atoms with Gasteiger partial charge in [-0.25, -0.2) is 0 Å². The lowest BCUT2D eigenvalue weighted by Gasteiger charge is -2.36. The van der Waals surface area contributed by atoms with Crippen molar-refractivity contribution in [2.24, 2.45) is 0 Å². The zero-order chi connectivity index (χ0) is 18.5. The fraction of sp³-hybridized carbons (Fsp3) is 0.476. The topological polar surface area (TPSA) is 48.6 Å². The number of piperidine rings is 1. The Morgan fingerprint density at radius 3 is 2.65 bits per heavy atom. The standard InChI is InChI=1S/C21H29N3O2/c1-23(2)14-16-7-9-17(10-8-16)19-6-4-5-11-24(19)15-18-12-20(25)21(26-3)13-22-18/h7-10,12-13,19H,4-6,11,14-15H2,1-3H3,(H,22,25)/t19-/m1/s1. The fourth-order valence-electron chi connectivity index (χ4n) is 3.74. The van der Waals surface area contributed by atoms with Crippen molar-refractivity contribution in [3.05, 3.63) is 63.6 Å². The largest absolute Gasteiger partial charge is 0.491 e. The first-order chi connectivity index (χ1) is 12.6. The second-order valence-corrected chi connectivity index (χ2v) is 7.35. The van der Waals surface area contributed by atoms with Crippen LogP contribution in [-0.2, 0) is 13.1 Å². The molecule has 1 saturated heterocycles. The Hall–Kier alpha value is -2.11. The van der Waals surface area contributed by atoms with Crippen molar-refractivity contribution >= 4 is 0 Å². The molecule has 1 fully saturated rings. The third kappa shape index (κ3) is 4.54. The van der Waals surface area contributed by atoms with Crippen LogP contribution in [0.5, 0.6) is 5.75 Å². The average molecular weight is 355 g/mol. The molecule has 2 aromatic rings. The van der Waals surface area contributed by atoms with E-state index in [1.54, 1.807) is 12.3 Å². The normalized spacial score (nSPS) is 18.2. The number of nitrogens with one attached hydrogen (secondary N) is 1. The Kier molecular flexibility index (Phi) is 6.12. The number of benzene rings is 1. The molecule has 0 radical (unpaired) electrons. The van der Waals surface area contributed by atoms with Crippen LogP contribution in [-0.4, -0.2) is 42.5 Å². The molecule has 2 heterocycles. The summed E-state index contributed by atoms with van der Waals surface area (Å²) in [5, 5.41) is 0. The molecule has 5 nitrogen and oxygen atoms in total. The monoisotopic (exact) mass is 355 g/mol. The van der Waals surface area contributed by atoms with Crippen LogP contribution in [0.2, 0.25) is 0 Å². The van der Waals surface area contributed by atoms with Crippen molar-refractivity contribution in [2.75, 3.05) is 27.7 Å². The van der Waals surface area contributed by atoms with Gasteiger partial charge in [0.25, 0.3) is 0 Å². The van der Waals surface area contributed by atoms with Gasteiger partial charge in [0.15, 0.2) is 5.75 Å². The van der Waals surface area contributed by atoms with E-state index < -0.39 is 0 Å². The molecule has 0 unspecified atom stereocenters. The Morgan fingerprint density at radius 1 is 1.23 bits per heavy atom. The molecule has 0 amide bonds. The van der Waals surface area contributed by atoms with E-state index in [1.165, 1.54) is 31.1 Å². The molecular weight excluding hydrogens is 326 g/mol. The van der Waals surface area contributed by atoms with Crippen molar-refractivity contribution in [1.29, 1.82) is 0 Å². The van der Waals surface area contributed by atoms with Gasteiger partial charge in [-0.3, -0.25) is 9.69 Å². The van der Waals surface area contributed by atoms with Gasteiger partial charge in [-0.05, 0) is 44.6 Å². The first kappa shape index (κ1) is 18.7. The quantitative estimate of drug-likeness (QED) is 0.865. The zero-order valence-electron chi connectivity index (χ0n) is 16.0. The molecule has 1 N–H and O–H groups in total. The summed E-state index contributed by atoms with van der Waals surface area (Å²) in [5.74, 6) is 0.362. The highest BCUT2D eigenvalue weighted by molar-refractivity contribution is 5.26. The van der Waals surface area contributed by atoms with E-state index in [-0.39, 0.29) is 5.43 Å². The van der Waals surface area contributed by atoms with Crippen LogP contribution in [0.1, 0.15) is 42.1 Å². The fourth-order valence-corrected chi connectivity index (χ4v) is 3.74. The number of aromatic amines is 1. The van der Waals surface area contributed by atoms with Crippen molar-refractivity contribution < 1.29 is 4.74 Å². The van der Waals surface area contributed by atoms with Crippen LogP contribution >= 0.6 is 0 Å². The van der Waals surface area contributed by atoms with Gasteiger partial charge < -0.3 is 14.6 Å². The van der Waals surface area contributed by atoms with Gasteiger partial charge in [-0.2, -0.15) is 0 Å². The van der Waals surface area contributed by atoms with E-state index in [9.17, 15) is 4.79 Å². The van der Waals surface area contributed by atoms with E-state index in [0.717, 1.165) is 31.7 Å². The minimum absolute atomic E-state index is 0.0668. The summed E-state index contributed by atoms with van der Waals surface area (Å²) in [4.78, 5) is 19.9. The Labute approximate surface area is 155 Å². The summed E-state index contributed by atoms with van der Waals surface area (Å²) in [6, 6.07) is 11.1. The molecule has 5 heteroatoms. The highest BCUT2D eigenvalue weighted by atomic mass is 16.5. The second kappa shape index (κ2) is 8.52. The Bertz CT molecular complexity index is 768. The molecule has 0 bridgehead atoms. The lowest BCUT2D eigenvalue weighted by atomic mass is 9.94. The molecule has 0 spiro atoms. The van der Waals surface area contributed by atoms with Crippen LogP contribution in [0.25, 0.3) is 0 Å². The molecule has 3 rings (SSSR count). The number of pyridine rings is 1. The number of methoxy groups -OCH3 is 1. The molecule has 1 aromatic heterocycles. The molecule has 0 saturated carbocycles. The summed E-state index contributed by atoms with van der Waals surface area (Å²) >= 11 is 0. The van der Waals surface area contributed by atoms with E-state index in [0.29, 0.717) is 11.8 Å². The molecule has 1 aliphatic rings. The zero-order valence-corrected chi connectivity index (χ0v) is 16.0. The summed E-state index contributed by atoms with van der Waals surface area (Å²) in [6.07, 6.45) is 5.27. The lowest BCUT2D eigenvalue weighted by molar-refractivity contribution is 0.138. The van der Waals surface area contributed by atoms with Crippen molar-refractivity contribution in [3.8, 4) is 5.75 Å². The summed E-state index contributed by atoms with van der Waals surface area (Å²) in [7, 11) is 5.70. The minimum Gasteiger partial charge on any atom is -0.491 e. The van der Waals surface area contributed by atoms with Gasteiger partial charge in [0.2, 0.25) is 5.43 Å². The van der Waals surface area contributed by atoms with Crippen LogP contribution in [0.4, 0.5) is 0 Å². The van der Waals surface area contributed by atoms with Crippen LogP contribution < -0.4 is 10.2 Å². The highest BCUT2D eigenvalue weighted by Crippen LogP contribution is 2.32. The maximum Gasteiger partial charge on any atom is 0.223 e. The van der Waals surface area contributed by atoms with Crippen LogP contribution in [0.15, 0.2) is 41.3 Å². The number of H-pyrrole nitrogens is 1. The second-order valence-electron chi connectivity index (χ2n) is 7.35. The maximum atomic E-state index is 12.0. The summed E-state index contributed by atoms with van der Waals surface area (Å²) in [5.41, 5.74) is 3.57. The van der Waals surface area contributed by atoms with Gasteiger partial charge in [0.05, 0.1) is 7.11 Å². The average Bonchev–Trinajstić information content (AvgIpc) is 2.63. The first-order valence-electron chi connectivity index (χ1n) is 9.30. The van der Waals surface area contributed by atoms with E-state index >= 15 is 0 Å². The smallest absolute Gasteiger partial charge is 0.223 e. The molecule has 1 aliphatic heterocycles. The number of likely N-dealkylation sites (tertiary alicyclic amines) is 1. The SMILES string of the molecule is COc1c[nH]c(CN2CCCC[C@@H]2c2ccc(CN(C)C)cc2)cc1=O. The van der Waals surface area contributed by atoms with Crippen LogP contribution in [0, 0.1) is 0 Å². The van der Waals surface area contributed by atoms with E-state index in [1.807, 2.05) is 0 Å². The number of aromatic nitrogens is 1. The molecule has 0 aliphatic carbocycles. The Morgan fingerprint density at radius 2 is 2.00 bits per heavy atom. The first-order valence-corrected chi connectivity index (χ1v) is 9.30. The van der Waals surface area contributed by atoms with E-state index in [2.05, 4.69) is 53.1 Å². The van der Waals surface area contributed by atoms with Crippen molar-refractivity contribution in [1.82, 2.24) is 14.8 Å². The van der Waals surface area contributed by atoms with Gasteiger partial charge in [-0.1, -0.05) is 30.7 Å². The van der Waals surface area contributed by atoms with Gasteiger partial charge >= 0.3 is 0 Å².